The normalized spacial score (nSPS) is 12.7. The number of anilines is 4. The van der Waals surface area contributed by atoms with Crippen molar-refractivity contribution in [3.05, 3.63) is 126 Å². The number of nitrogens with zero attached hydrogens (tertiary/aromatic N) is 3. The van der Waals surface area contributed by atoms with Gasteiger partial charge in [-0.2, -0.15) is 0 Å². The third kappa shape index (κ3) is 5.71. The van der Waals surface area contributed by atoms with E-state index in [1.165, 1.54) is 18.5 Å². The summed E-state index contributed by atoms with van der Waals surface area (Å²) in [6.07, 6.45) is 4.41. The topological polar surface area (TPSA) is 45.4 Å². The zero-order chi connectivity index (χ0) is 25.9. The molecule has 1 aromatic heterocycles. The fraction of sp³-hybridized carbons (Fsp3) is 0.156. The Kier molecular flexibility index (Phi) is 7.02. The molecule has 5 rings (SSSR count). The Labute approximate surface area is 224 Å². The maximum atomic E-state index is 6.19. The summed E-state index contributed by atoms with van der Waals surface area (Å²) < 4.78 is 0. The Bertz CT molecular complexity index is 1410. The van der Waals surface area contributed by atoms with Gasteiger partial charge in [0.25, 0.3) is 0 Å². The van der Waals surface area contributed by atoms with Gasteiger partial charge < -0.3 is 15.5 Å². The van der Waals surface area contributed by atoms with E-state index in [0.29, 0.717) is 16.6 Å². The summed E-state index contributed by atoms with van der Waals surface area (Å²) in [6, 6.07) is 28.6. The lowest BCUT2D eigenvalue weighted by atomic mass is 9.98. The maximum Gasteiger partial charge on any atom is 0.0703 e. The number of hydrogen-bond acceptors (Lipinski definition) is 4. The third-order valence-electron chi connectivity index (χ3n) is 6.81. The molecule has 1 aliphatic rings. The van der Waals surface area contributed by atoms with E-state index in [4.69, 9.17) is 22.3 Å². The summed E-state index contributed by atoms with van der Waals surface area (Å²) in [5.41, 5.74) is 14.5. The predicted octanol–water partition coefficient (Wildman–Crippen LogP) is 8.04. The predicted molar refractivity (Wildman–Crippen MR) is 158 cm³/mol. The molecule has 0 atom stereocenters. The van der Waals surface area contributed by atoms with Crippen molar-refractivity contribution in [3.8, 4) is 0 Å². The molecule has 0 bridgehead atoms. The summed E-state index contributed by atoms with van der Waals surface area (Å²) in [5.74, 6) is 0.712. The van der Waals surface area contributed by atoms with Crippen LogP contribution in [0.3, 0.4) is 0 Å². The molecule has 1 aliphatic carbocycles. The number of pyridine rings is 1. The number of aromatic nitrogens is 1. The summed E-state index contributed by atoms with van der Waals surface area (Å²) in [7, 11) is 2.01. The molecule has 0 spiro atoms. The quantitative estimate of drug-likeness (QED) is 0.249. The van der Waals surface area contributed by atoms with Crippen LogP contribution < -0.4 is 15.5 Å². The number of nitrogens with two attached hydrogens (primary N) is 1. The first-order chi connectivity index (χ1) is 17.9. The number of halogens is 1. The largest absolute Gasteiger partial charge is 0.399 e. The minimum Gasteiger partial charge on any atom is -0.399 e. The van der Waals surface area contributed by atoms with Crippen LogP contribution in [0.1, 0.15) is 29.7 Å². The van der Waals surface area contributed by atoms with Crippen molar-refractivity contribution in [3.63, 3.8) is 0 Å². The molecule has 1 heterocycles. The first-order valence-electron chi connectivity index (χ1n) is 12.5. The van der Waals surface area contributed by atoms with Crippen molar-refractivity contribution in [2.24, 2.45) is 11.7 Å². The average Bonchev–Trinajstić information content (AvgIpc) is 3.76. The first-order valence-corrected chi connectivity index (χ1v) is 12.8. The second kappa shape index (κ2) is 10.5. The number of benzene rings is 3. The van der Waals surface area contributed by atoms with Crippen LogP contribution in [0.25, 0.3) is 11.3 Å². The third-order valence-corrected chi connectivity index (χ3v) is 7.06. The van der Waals surface area contributed by atoms with E-state index in [2.05, 4.69) is 65.4 Å². The van der Waals surface area contributed by atoms with Crippen LogP contribution in [-0.2, 0) is 0 Å². The summed E-state index contributed by atoms with van der Waals surface area (Å²) in [4.78, 5) is 9.20. The van der Waals surface area contributed by atoms with Crippen LogP contribution in [0, 0.1) is 5.92 Å². The Morgan fingerprint density at radius 3 is 2.16 bits per heavy atom. The van der Waals surface area contributed by atoms with Gasteiger partial charge in [0, 0.05) is 46.9 Å². The van der Waals surface area contributed by atoms with E-state index >= 15 is 0 Å². The first kappa shape index (κ1) is 24.7. The van der Waals surface area contributed by atoms with E-state index < -0.39 is 0 Å². The molecule has 0 unspecified atom stereocenters. The molecule has 4 nitrogen and oxygen atoms in total. The van der Waals surface area contributed by atoms with Gasteiger partial charge in [-0.25, -0.2) is 0 Å². The molecule has 0 saturated heterocycles. The van der Waals surface area contributed by atoms with Gasteiger partial charge in [-0.3, -0.25) is 4.98 Å². The molecule has 186 valence electrons. The summed E-state index contributed by atoms with van der Waals surface area (Å²) >= 11 is 6.04. The second-order valence-electron chi connectivity index (χ2n) is 9.60. The molecule has 0 amide bonds. The van der Waals surface area contributed by atoms with Crippen molar-refractivity contribution >= 4 is 45.6 Å². The highest BCUT2D eigenvalue weighted by Crippen LogP contribution is 2.37. The highest BCUT2D eigenvalue weighted by molar-refractivity contribution is 6.30. The van der Waals surface area contributed by atoms with Gasteiger partial charge in [0.05, 0.1) is 17.6 Å². The Hall–Kier alpha value is -4.02. The fourth-order valence-corrected chi connectivity index (χ4v) is 4.50. The lowest BCUT2D eigenvalue weighted by Gasteiger charge is -2.27. The molecule has 37 heavy (non-hydrogen) atoms. The molecule has 0 radical (unpaired) electrons. The second-order valence-corrected chi connectivity index (χ2v) is 10.0. The molecular weight excluding hydrogens is 476 g/mol. The Morgan fingerprint density at radius 1 is 0.865 bits per heavy atom. The van der Waals surface area contributed by atoms with Gasteiger partial charge in [0.15, 0.2) is 0 Å². The average molecular weight is 507 g/mol. The molecular formula is C32H31ClN4. The molecule has 2 N–H and O–H groups in total. The lowest BCUT2D eigenvalue weighted by Crippen LogP contribution is -2.20. The van der Waals surface area contributed by atoms with Crippen molar-refractivity contribution in [2.75, 3.05) is 23.4 Å². The minimum atomic E-state index is 0.531. The van der Waals surface area contributed by atoms with Crippen LogP contribution in [0.15, 0.2) is 104 Å². The van der Waals surface area contributed by atoms with E-state index in [1.54, 1.807) is 0 Å². The van der Waals surface area contributed by atoms with Gasteiger partial charge in [0.1, 0.15) is 0 Å². The Morgan fingerprint density at radius 2 is 1.54 bits per heavy atom. The minimum absolute atomic E-state index is 0.531. The lowest BCUT2D eigenvalue weighted by molar-refractivity contribution is 0.814. The molecule has 4 aromatic rings. The number of rotatable bonds is 9. The van der Waals surface area contributed by atoms with Crippen molar-refractivity contribution in [1.82, 2.24) is 4.98 Å². The maximum absolute atomic E-state index is 6.19. The van der Waals surface area contributed by atoms with E-state index in [0.717, 1.165) is 46.0 Å². The molecule has 0 aliphatic heterocycles. The van der Waals surface area contributed by atoms with Crippen LogP contribution in [0.5, 0.6) is 0 Å². The zero-order valence-corrected chi connectivity index (χ0v) is 21.8. The number of para-hydroxylation sites is 1. The molecule has 1 fully saturated rings. The van der Waals surface area contributed by atoms with Gasteiger partial charge in [-0.1, -0.05) is 43.0 Å². The van der Waals surface area contributed by atoms with Crippen molar-refractivity contribution in [1.29, 1.82) is 0 Å². The van der Waals surface area contributed by atoms with Gasteiger partial charge in [-0.05, 0) is 96.6 Å². The van der Waals surface area contributed by atoms with Gasteiger partial charge in [0.2, 0.25) is 0 Å². The highest BCUT2D eigenvalue weighted by Gasteiger charge is 2.26. The fourth-order valence-electron chi connectivity index (χ4n) is 4.38. The van der Waals surface area contributed by atoms with Crippen LogP contribution in [0.2, 0.25) is 5.02 Å². The van der Waals surface area contributed by atoms with E-state index in [9.17, 15) is 0 Å². The Balaban J connectivity index is 1.46. The zero-order valence-electron chi connectivity index (χ0n) is 21.1. The van der Waals surface area contributed by atoms with Crippen LogP contribution >= 0.6 is 11.6 Å². The smallest absolute Gasteiger partial charge is 0.0703 e. The van der Waals surface area contributed by atoms with Crippen LogP contribution in [0.4, 0.5) is 22.7 Å². The standard InChI is InChI=1S/C32H31ClN4/c1-22(32-16-15-30(20-35-32)36(3)28-13-11-27(33)12-14-28)25-17-26(23(2)34)19-31(18-25)37(21-24-9-10-24)29-7-5-4-6-8-29/h4-8,11-20,24H,1-2,9-10,21,34H2,3H3. The molecule has 1 saturated carbocycles. The van der Waals surface area contributed by atoms with Gasteiger partial charge >= 0.3 is 0 Å². The van der Waals surface area contributed by atoms with Gasteiger partial charge in [-0.15, -0.1) is 0 Å². The van der Waals surface area contributed by atoms with Crippen molar-refractivity contribution < 1.29 is 0 Å². The summed E-state index contributed by atoms with van der Waals surface area (Å²) in [6.45, 7) is 9.39. The summed E-state index contributed by atoms with van der Waals surface area (Å²) in [5, 5.41) is 0.714. The SMILES string of the molecule is C=C(N)c1cc(C(=C)c2ccc(N(C)c3ccc(Cl)cc3)cn2)cc(N(CC2CC2)c2ccccc2)c1. The van der Waals surface area contributed by atoms with Crippen molar-refractivity contribution in [2.45, 2.75) is 12.8 Å². The van der Waals surface area contributed by atoms with E-state index in [1.807, 2.05) is 55.7 Å². The monoisotopic (exact) mass is 506 g/mol. The highest BCUT2D eigenvalue weighted by atomic mass is 35.5. The van der Waals surface area contributed by atoms with E-state index in [-0.39, 0.29) is 0 Å². The molecule has 5 heteroatoms. The van der Waals surface area contributed by atoms with Crippen LogP contribution in [-0.4, -0.2) is 18.6 Å². The molecule has 3 aromatic carbocycles. The number of hydrogen-bond donors (Lipinski definition) is 1.